The molecule has 0 amide bonds. The average molecular weight is 443 g/mol. The van der Waals surface area contributed by atoms with E-state index in [9.17, 15) is 18.7 Å². The first-order chi connectivity index (χ1) is 14.9. The number of phenols is 1. The van der Waals surface area contributed by atoms with Crippen LogP contribution in [0, 0.1) is 0 Å². The average Bonchev–Trinajstić information content (AvgIpc) is 2.76. The van der Waals surface area contributed by atoms with E-state index >= 15 is 0 Å². The number of rotatable bonds is 9. The van der Waals surface area contributed by atoms with Crippen LogP contribution in [0.5, 0.6) is 17.2 Å². The lowest BCUT2D eigenvalue weighted by atomic mass is 10.2. The largest absolute Gasteiger partial charge is 0.754 e. The van der Waals surface area contributed by atoms with Gasteiger partial charge in [0.05, 0.1) is 24.0 Å². The molecule has 0 heterocycles. The van der Waals surface area contributed by atoms with Crippen molar-refractivity contribution in [2.24, 2.45) is 0 Å². The zero-order valence-corrected chi connectivity index (χ0v) is 16.9. The Kier molecular flexibility index (Phi) is 6.92. The Morgan fingerprint density at radius 3 is 2.48 bits per heavy atom. The summed E-state index contributed by atoms with van der Waals surface area (Å²) in [5, 5.41) is 21.8. The molecule has 0 aliphatic carbocycles. The maximum absolute atomic E-state index is 11.7. The Morgan fingerprint density at radius 2 is 1.84 bits per heavy atom. The minimum Gasteiger partial charge on any atom is -0.754 e. The summed E-state index contributed by atoms with van der Waals surface area (Å²) in [6.45, 7) is 0. The second-order valence-electron chi connectivity index (χ2n) is 6.02. The Hall–Kier alpha value is -3.80. The van der Waals surface area contributed by atoms with E-state index in [-0.39, 0.29) is 17.2 Å². The third-order valence-electron chi connectivity index (χ3n) is 4.01. The Bertz CT molecular complexity index is 1100. The maximum Gasteiger partial charge on any atom is 0.339 e. The number of carbonyl (C=O) groups is 1. The molecule has 3 aromatic rings. The van der Waals surface area contributed by atoms with Crippen molar-refractivity contribution in [3.63, 3.8) is 0 Å². The molecule has 1 atom stereocenters. The van der Waals surface area contributed by atoms with Gasteiger partial charge in [0.25, 0.3) is 0 Å². The monoisotopic (exact) mass is 443 g/mol. The van der Waals surface area contributed by atoms with Crippen molar-refractivity contribution in [3.05, 3.63) is 72.3 Å². The number of methoxy groups -OCH3 is 1. The van der Waals surface area contributed by atoms with E-state index in [0.29, 0.717) is 10.1 Å². The molecule has 10 nitrogen and oxygen atoms in total. The van der Waals surface area contributed by atoms with E-state index in [2.05, 4.69) is 10.9 Å². The van der Waals surface area contributed by atoms with Crippen molar-refractivity contribution in [1.82, 2.24) is 5.59 Å². The fourth-order valence-corrected chi connectivity index (χ4v) is 2.98. The lowest BCUT2D eigenvalue weighted by Crippen LogP contribution is -2.36. The molecule has 0 saturated carbocycles. The molecule has 3 N–H and O–H groups in total. The number of carboxylic acid groups (broad SMARTS) is 1. The number of aromatic hydroxyl groups is 1. The Balaban J connectivity index is 1.81. The summed E-state index contributed by atoms with van der Waals surface area (Å²) in [5.74, 6) is -1.75. The van der Waals surface area contributed by atoms with Crippen molar-refractivity contribution in [1.29, 1.82) is 0 Å². The third-order valence-corrected chi connectivity index (χ3v) is 4.55. The van der Waals surface area contributed by atoms with Crippen LogP contribution in [0.25, 0.3) is 0 Å². The fourth-order valence-electron chi connectivity index (χ4n) is 2.58. The molecule has 0 saturated heterocycles. The zero-order valence-electron chi connectivity index (χ0n) is 16.1. The molecule has 161 valence electrons. The van der Waals surface area contributed by atoms with Gasteiger partial charge >= 0.3 is 5.97 Å². The van der Waals surface area contributed by atoms with Crippen LogP contribution in [-0.2, 0) is 11.3 Å². The van der Waals surface area contributed by atoms with E-state index in [1.54, 1.807) is 12.1 Å². The van der Waals surface area contributed by atoms with Crippen molar-refractivity contribution in [2.45, 2.75) is 0 Å². The molecule has 0 bridgehead atoms. The standard InChI is InChI=1S/C20H18N3O7S/c1-29-19-11-14(21-13-5-3-2-4-6-13)7-9-17(19)23(31(27)28)22-30-15-8-10-18(24)16(12-15)20(25)26/h2-12,21,24H,1H3,(H,25,26)(H,27,28)/p-1. The van der Waals surface area contributed by atoms with Crippen molar-refractivity contribution >= 4 is 34.3 Å². The van der Waals surface area contributed by atoms with E-state index < -0.39 is 28.5 Å². The van der Waals surface area contributed by atoms with Crippen molar-refractivity contribution < 1.29 is 33.3 Å². The molecule has 0 aromatic heterocycles. The lowest BCUT2D eigenvalue weighted by molar-refractivity contribution is 0.0692. The highest BCUT2D eigenvalue weighted by Gasteiger charge is 2.18. The van der Waals surface area contributed by atoms with Gasteiger partial charge < -0.3 is 29.7 Å². The number of aromatic carboxylic acids is 1. The van der Waals surface area contributed by atoms with Gasteiger partial charge in [0.2, 0.25) is 0 Å². The van der Waals surface area contributed by atoms with Crippen LogP contribution >= 0.6 is 0 Å². The normalized spacial score (nSPS) is 11.4. The number of ether oxygens (including phenoxy) is 1. The van der Waals surface area contributed by atoms with Crippen molar-refractivity contribution in [2.75, 3.05) is 16.8 Å². The van der Waals surface area contributed by atoms with Crippen molar-refractivity contribution in [3.8, 4) is 17.2 Å². The van der Waals surface area contributed by atoms with Gasteiger partial charge in [-0.3, -0.25) is 4.21 Å². The molecule has 1 radical (unpaired) electrons. The van der Waals surface area contributed by atoms with E-state index in [1.807, 2.05) is 30.3 Å². The van der Waals surface area contributed by atoms with Gasteiger partial charge in [0.15, 0.2) is 5.75 Å². The topological polar surface area (TPSA) is 145 Å². The summed E-state index contributed by atoms with van der Waals surface area (Å²) >= 11 is -2.88. The highest BCUT2D eigenvalue weighted by atomic mass is 32.2. The van der Waals surface area contributed by atoms with Gasteiger partial charge in [-0.05, 0) is 36.4 Å². The third kappa shape index (κ3) is 5.42. The molecule has 3 aromatic carbocycles. The van der Waals surface area contributed by atoms with Crippen LogP contribution in [0.3, 0.4) is 0 Å². The van der Waals surface area contributed by atoms with Crippen LogP contribution in [0.15, 0.2) is 66.7 Å². The minimum absolute atomic E-state index is 0.0617. The molecule has 11 heteroatoms. The first kappa shape index (κ1) is 21.9. The number of hydrogen-bond acceptors (Lipinski definition) is 7. The Labute approximate surface area is 180 Å². The highest BCUT2D eigenvalue weighted by molar-refractivity contribution is 7.80. The smallest absolute Gasteiger partial charge is 0.339 e. The second-order valence-corrected chi connectivity index (χ2v) is 6.80. The van der Waals surface area contributed by atoms with Gasteiger partial charge in [0, 0.05) is 23.5 Å². The van der Waals surface area contributed by atoms with Gasteiger partial charge in [-0.15, -0.1) is 0 Å². The summed E-state index contributed by atoms with van der Waals surface area (Å²) in [4.78, 5) is 16.2. The molecule has 0 aliphatic rings. The molecule has 3 rings (SSSR count). The zero-order chi connectivity index (χ0) is 22.4. The molecule has 0 aliphatic heterocycles. The molecular formula is C20H17N3O7S-. The number of nitrogens with one attached hydrogen (secondary N) is 1. The summed E-state index contributed by atoms with van der Waals surface area (Å²) in [6, 6.07) is 17.4. The molecule has 0 fully saturated rings. The molecule has 1 unspecified atom stereocenters. The number of anilines is 3. The van der Waals surface area contributed by atoms with Gasteiger partial charge in [-0.25, -0.2) is 4.79 Å². The fraction of sp³-hybridized carbons (Fsp3) is 0.0500. The van der Waals surface area contributed by atoms with Crippen LogP contribution in [0.4, 0.5) is 17.1 Å². The second kappa shape index (κ2) is 9.80. The summed E-state index contributed by atoms with van der Waals surface area (Å²) in [7, 11) is 1.37. The predicted molar refractivity (Wildman–Crippen MR) is 112 cm³/mol. The van der Waals surface area contributed by atoms with E-state index in [1.165, 1.54) is 19.2 Å². The lowest BCUT2D eigenvalue weighted by Gasteiger charge is -2.25. The summed E-state index contributed by atoms with van der Waals surface area (Å²) in [6.07, 6.45) is 0. The number of para-hydroxylation sites is 1. The first-order valence-corrected chi connectivity index (χ1v) is 9.76. The first-order valence-electron chi connectivity index (χ1n) is 8.73. The predicted octanol–water partition coefficient (Wildman–Crippen LogP) is 2.96. The van der Waals surface area contributed by atoms with Gasteiger partial charge in [-0.2, -0.15) is 4.41 Å². The Morgan fingerprint density at radius 1 is 1.10 bits per heavy atom. The highest BCUT2D eigenvalue weighted by Crippen LogP contribution is 2.33. The number of carboxylic acids is 1. The van der Waals surface area contributed by atoms with E-state index in [4.69, 9.17) is 14.7 Å². The van der Waals surface area contributed by atoms with Crippen LogP contribution in [0.1, 0.15) is 10.4 Å². The number of nitrogens with zero attached hydrogens (tertiary/aromatic N) is 2. The SMILES string of the molecule is COc1cc(Nc2ccccc2)ccc1N([N]Oc1ccc(O)c(C(=O)O)c1)S(=O)[O-]. The van der Waals surface area contributed by atoms with Gasteiger partial charge in [0.1, 0.15) is 22.7 Å². The number of benzene rings is 3. The van der Waals surface area contributed by atoms with Crippen LogP contribution in [-0.4, -0.2) is 32.1 Å². The number of hydrogen-bond donors (Lipinski definition) is 3. The van der Waals surface area contributed by atoms with Gasteiger partial charge in [-0.1, -0.05) is 18.2 Å². The van der Waals surface area contributed by atoms with Crippen LogP contribution < -0.4 is 24.9 Å². The minimum atomic E-state index is -2.88. The summed E-state index contributed by atoms with van der Waals surface area (Å²) in [5.41, 5.74) is 4.68. The maximum atomic E-state index is 11.7. The molecular weight excluding hydrogens is 426 g/mol. The molecule has 31 heavy (non-hydrogen) atoms. The van der Waals surface area contributed by atoms with Crippen LogP contribution in [0.2, 0.25) is 0 Å². The summed E-state index contributed by atoms with van der Waals surface area (Å²) < 4.78 is 29.3. The quantitative estimate of drug-likeness (QED) is 0.338. The molecule has 0 spiro atoms. The van der Waals surface area contributed by atoms with E-state index in [0.717, 1.165) is 17.8 Å².